The highest BCUT2D eigenvalue weighted by molar-refractivity contribution is 7.86. The molecule has 0 amide bonds. The molecule has 0 aliphatic rings. The first kappa shape index (κ1) is 10.7. The van der Waals surface area contributed by atoms with Crippen molar-refractivity contribution in [1.29, 1.82) is 0 Å². The number of hydrogen-bond acceptors (Lipinski definition) is 4. The highest BCUT2D eigenvalue weighted by Gasteiger charge is 2.06. The molecule has 0 fully saturated rings. The van der Waals surface area contributed by atoms with Gasteiger partial charge < -0.3 is 4.18 Å². The molecule has 0 N–H and O–H groups in total. The molecule has 1 aromatic carbocycles. The fraction of sp³-hybridized carbons (Fsp3) is 0.222. The van der Waals surface area contributed by atoms with Gasteiger partial charge in [0, 0.05) is 5.56 Å². The van der Waals surface area contributed by atoms with Crippen LogP contribution in [0.2, 0.25) is 0 Å². The van der Waals surface area contributed by atoms with E-state index in [1.165, 1.54) is 19.1 Å². The molecule has 0 unspecified atom stereocenters. The number of rotatable bonds is 3. The Labute approximate surface area is 82.6 Å². The van der Waals surface area contributed by atoms with Gasteiger partial charge in [0.15, 0.2) is 5.78 Å². The Hall–Kier alpha value is -1.36. The summed E-state index contributed by atoms with van der Waals surface area (Å²) in [5.41, 5.74) is 0.422. The molecule has 4 nitrogen and oxygen atoms in total. The number of hydrogen-bond donors (Lipinski definition) is 0. The van der Waals surface area contributed by atoms with Crippen LogP contribution in [0.4, 0.5) is 0 Å². The van der Waals surface area contributed by atoms with E-state index >= 15 is 0 Å². The van der Waals surface area contributed by atoms with E-state index in [1.54, 1.807) is 12.1 Å². The number of Topliss-reactive ketones (excluding diaryl/α,β-unsaturated/α-hetero) is 1. The van der Waals surface area contributed by atoms with E-state index in [0.717, 1.165) is 6.26 Å². The molecule has 0 heterocycles. The average Bonchev–Trinajstić information content (AvgIpc) is 2.01. The summed E-state index contributed by atoms with van der Waals surface area (Å²) >= 11 is 0. The third kappa shape index (κ3) is 3.18. The standard InChI is InChI=1S/C9H10O4S/c1-7(10)8-4-3-5-9(6-8)13-14(2,11)12/h3-6H,1-2H3. The van der Waals surface area contributed by atoms with Gasteiger partial charge in [-0.3, -0.25) is 4.79 Å². The zero-order chi connectivity index (χ0) is 10.8. The molecular weight excluding hydrogens is 204 g/mol. The zero-order valence-corrected chi connectivity index (χ0v) is 8.67. The molecule has 0 aliphatic heterocycles. The van der Waals surface area contributed by atoms with Gasteiger partial charge in [0.05, 0.1) is 6.26 Å². The molecule has 0 atom stereocenters. The van der Waals surface area contributed by atoms with Gasteiger partial charge in [0.2, 0.25) is 0 Å². The lowest BCUT2D eigenvalue weighted by molar-refractivity contribution is 0.101. The predicted octanol–water partition coefficient (Wildman–Crippen LogP) is 1.23. The number of carbonyl (C=O) groups is 1. The second kappa shape index (κ2) is 3.79. The first-order chi connectivity index (χ1) is 6.38. The first-order valence-electron chi connectivity index (χ1n) is 3.89. The average molecular weight is 214 g/mol. The van der Waals surface area contributed by atoms with Gasteiger partial charge in [-0.1, -0.05) is 12.1 Å². The Morgan fingerprint density at radius 3 is 2.50 bits per heavy atom. The van der Waals surface area contributed by atoms with Crippen molar-refractivity contribution in [2.45, 2.75) is 6.92 Å². The summed E-state index contributed by atoms with van der Waals surface area (Å²) in [6, 6.07) is 6.03. The van der Waals surface area contributed by atoms with Crippen molar-refractivity contribution in [3.05, 3.63) is 29.8 Å². The summed E-state index contributed by atoms with van der Waals surface area (Å²) in [5.74, 6) is 0.0177. The monoisotopic (exact) mass is 214 g/mol. The molecule has 1 rings (SSSR count). The van der Waals surface area contributed by atoms with Crippen LogP contribution in [-0.2, 0) is 10.1 Å². The summed E-state index contributed by atoms with van der Waals surface area (Å²) in [7, 11) is -3.53. The molecule has 1 aromatic rings. The van der Waals surface area contributed by atoms with Crippen LogP contribution >= 0.6 is 0 Å². The van der Waals surface area contributed by atoms with Gasteiger partial charge in [-0.25, -0.2) is 0 Å². The smallest absolute Gasteiger partial charge is 0.306 e. The van der Waals surface area contributed by atoms with Crippen LogP contribution in [0.5, 0.6) is 5.75 Å². The van der Waals surface area contributed by atoms with Crippen LogP contribution in [0.15, 0.2) is 24.3 Å². The fourth-order valence-electron chi connectivity index (χ4n) is 0.942. The minimum Gasteiger partial charge on any atom is -0.383 e. The van der Waals surface area contributed by atoms with Crippen molar-refractivity contribution in [2.75, 3.05) is 6.26 Å². The Kier molecular flexibility index (Phi) is 2.90. The van der Waals surface area contributed by atoms with Crippen LogP contribution in [-0.4, -0.2) is 20.5 Å². The van der Waals surface area contributed by atoms with Gasteiger partial charge >= 0.3 is 10.1 Å². The molecule has 14 heavy (non-hydrogen) atoms. The molecule has 0 spiro atoms. The SMILES string of the molecule is CC(=O)c1cccc(OS(C)(=O)=O)c1. The van der Waals surface area contributed by atoms with Crippen molar-refractivity contribution in [3.8, 4) is 5.75 Å². The molecule has 0 bridgehead atoms. The van der Waals surface area contributed by atoms with E-state index in [9.17, 15) is 13.2 Å². The van der Waals surface area contributed by atoms with E-state index in [1.807, 2.05) is 0 Å². The summed E-state index contributed by atoms with van der Waals surface area (Å²) in [6.07, 6.45) is 0.952. The van der Waals surface area contributed by atoms with E-state index in [4.69, 9.17) is 0 Å². The van der Waals surface area contributed by atoms with Crippen LogP contribution < -0.4 is 4.18 Å². The zero-order valence-electron chi connectivity index (χ0n) is 7.85. The predicted molar refractivity (Wildman–Crippen MR) is 51.9 cm³/mol. The van der Waals surface area contributed by atoms with Crippen molar-refractivity contribution < 1.29 is 17.4 Å². The molecule has 0 saturated heterocycles. The Balaban J connectivity index is 3.01. The molecule has 76 valence electrons. The summed E-state index contributed by atoms with van der Waals surface area (Å²) < 4.78 is 26.2. The van der Waals surface area contributed by atoms with Gasteiger partial charge in [-0.15, -0.1) is 0 Å². The lowest BCUT2D eigenvalue weighted by atomic mass is 10.1. The highest BCUT2D eigenvalue weighted by atomic mass is 32.2. The topological polar surface area (TPSA) is 60.4 Å². The number of ketones is 1. The van der Waals surface area contributed by atoms with Crippen LogP contribution in [0.3, 0.4) is 0 Å². The fourth-order valence-corrected chi connectivity index (χ4v) is 1.39. The van der Waals surface area contributed by atoms with E-state index in [2.05, 4.69) is 4.18 Å². The molecular formula is C9H10O4S. The Morgan fingerprint density at radius 1 is 1.36 bits per heavy atom. The number of carbonyl (C=O) groups excluding carboxylic acids is 1. The molecule has 0 saturated carbocycles. The molecule has 0 aromatic heterocycles. The molecule has 5 heteroatoms. The van der Waals surface area contributed by atoms with Crippen molar-refractivity contribution in [3.63, 3.8) is 0 Å². The summed E-state index contributed by atoms with van der Waals surface area (Å²) in [4.78, 5) is 11.0. The van der Waals surface area contributed by atoms with Gasteiger partial charge in [0.25, 0.3) is 0 Å². The highest BCUT2D eigenvalue weighted by Crippen LogP contribution is 2.15. The first-order valence-corrected chi connectivity index (χ1v) is 5.70. The largest absolute Gasteiger partial charge is 0.383 e. The Bertz CT molecular complexity index is 448. The maximum Gasteiger partial charge on any atom is 0.306 e. The van der Waals surface area contributed by atoms with E-state index < -0.39 is 10.1 Å². The molecule has 0 radical (unpaired) electrons. The number of benzene rings is 1. The quantitative estimate of drug-likeness (QED) is 0.560. The van der Waals surface area contributed by atoms with E-state index in [-0.39, 0.29) is 11.5 Å². The van der Waals surface area contributed by atoms with Crippen molar-refractivity contribution in [1.82, 2.24) is 0 Å². The lowest BCUT2D eigenvalue weighted by Crippen LogP contribution is -2.06. The van der Waals surface area contributed by atoms with Crippen molar-refractivity contribution in [2.24, 2.45) is 0 Å². The summed E-state index contributed by atoms with van der Waals surface area (Å²) in [5, 5.41) is 0. The normalized spacial score (nSPS) is 11.0. The molecule has 0 aliphatic carbocycles. The minimum absolute atomic E-state index is 0.135. The van der Waals surface area contributed by atoms with Crippen LogP contribution in [0.1, 0.15) is 17.3 Å². The van der Waals surface area contributed by atoms with Crippen molar-refractivity contribution >= 4 is 15.9 Å². The van der Waals surface area contributed by atoms with Gasteiger partial charge in [-0.05, 0) is 19.1 Å². The van der Waals surface area contributed by atoms with Crippen LogP contribution in [0, 0.1) is 0 Å². The second-order valence-electron chi connectivity index (χ2n) is 2.87. The third-order valence-corrected chi connectivity index (χ3v) is 1.98. The van der Waals surface area contributed by atoms with Gasteiger partial charge in [0.1, 0.15) is 5.75 Å². The minimum atomic E-state index is -3.53. The summed E-state index contributed by atoms with van der Waals surface area (Å²) in [6.45, 7) is 1.40. The van der Waals surface area contributed by atoms with Crippen LogP contribution in [0.25, 0.3) is 0 Å². The van der Waals surface area contributed by atoms with Gasteiger partial charge in [-0.2, -0.15) is 8.42 Å². The maximum absolute atomic E-state index is 11.0. The lowest BCUT2D eigenvalue weighted by Gasteiger charge is -2.03. The second-order valence-corrected chi connectivity index (χ2v) is 4.45. The maximum atomic E-state index is 11.0. The van der Waals surface area contributed by atoms with E-state index in [0.29, 0.717) is 5.56 Å². The third-order valence-electron chi connectivity index (χ3n) is 1.49. The Morgan fingerprint density at radius 2 is 2.00 bits per heavy atom.